The Labute approximate surface area is 152 Å². The smallest absolute Gasteiger partial charge is 0.289 e. The average Bonchev–Trinajstić information content (AvgIpc) is 3.23. The van der Waals surface area contributed by atoms with Crippen LogP contribution < -0.4 is 4.90 Å². The third-order valence-corrected chi connectivity index (χ3v) is 4.49. The van der Waals surface area contributed by atoms with Crippen molar-refractivity contribution >= 4 is 17.8 Å². The second-order valence-corrected chi connectivity index (χ2v) is 5.98. The van der Waals surface area contributed by atoms with Crippen LogP contribution in [0.2, 0.25) is 0 Å². The minimum Gasteiger partial charge on any atom is -0.459 e. The van der Waals surface area contributed by atoms with E-state index in [4.69, 9.17) is 4.42 Å². The minimum absolute atomic E-state index is 0.0923. The number of rotatable bonds is 5. The lowest BCUT2D eigenvalue weighted by molar-refractivity contribution is 0.0714. The van der Waals surface area contributed by atoms with Gasteiger partial charge in [-0.05, 0) is 32.0 Å². The maximum Gasteiger partial charge on any atom is 0.289 e. The molecule has 1 aliphatic rings. The van der Waals surface area contributed by atoms with Gasteiger partial charge in [0.05, 0.1) is 6.26 Å². The molecule has 8 nitrogen and oxygen atoms in total. The number of furan rings is 1. The fourth-order valence-corrected chi connectivity index (χ4v) is 2.96. The first-order valence-corrected chi connectivity index (χ1v) is 8.84. The van der Waals surface area contributed by atoms with Crippen LogP contribution in [0.4, 0.5) is 5.95 Å². The molecule has 0 bridgehead atoms. The molecule has 0 radical (unpaired) electrons. The molecule has 0 aromatic carbocycles. The number of amides is 2. The van der Waals surface area contributed by atoms with Gasteiger partial charge in [-0.1, -0.05) is 0 Å². The number of hydrogen-bond donors (Lipinski definition) is 0. The molecule has 138 valence electrons. The number of nitrogens with zero attached hydrogens (tertiary/aromatic N) is 5. The van der Waals surface area contributed by atoms with Crippen molar-refractivity contribution in [3.63, 3.8) is 0 Å². The first-order valence-electron chi connectivity index (χ1n) is 8.84. The second kappa shape index (κ2) is 7.99. The zero-order valence-corrected chi connectivity index (χ0v) is 15.1. The molecule has 1 aliphatic heterocycles. The van der Waals surface area contributed by atoms with Gasteiger partial charge >= 0.3 is 0 Å². The number of anilines is 1. The predicted molar refractivity (Wildman–Crippen MR) is 96.1 cm³/mol. The van der Waals surface area contributed by atoms with E-state index in [-0.39, 0.29) is 11.8 Å². The standard InChI is InChI=1S/C18H23N5O3/c1-3-21(4-2)16(24)14-7-8-19-18(20-14)23-11-9-22(10-12-23)17(25)15-6-5-13-26-15/h5-8,13H,3-4,9-12H2,1-2H3. The van der Waals surface area contributed by atoms with Gasteiger partial charge in [0.25, 0.3) is 11.8 Å². The lowest BCUT2D eigenvalue weighted by Gasteiger charge is -2.34. The van der Waals surface area contributed by atoms with Crippen molar-refractivity contribution in [3.8, 4) is 0 Å². The third kappa shape index (κ3) is 3.68. The van der Waals surface area contributed by atoms with E-state index in [2.05, 4.69) is 9.97 Å². The van der Waals surface area contributed by atoms with E-state index in [9.17, 15) is 9.59 Å². The van der Waals surface area contributed by atoms with Crippen LogP contribution in [-0.2, 0) is 0 Å². The van der Waals surface area contributed by atoms with Crippen LogP contribution in [0.25, 0.3) is 0 Å². The molecular formula is C18H23N5O3. The van der Waals surface area contributed by atoms with E-state index in [1.807, 2.05) is 18.7 Å². The molecule has 0 spiro atoms. The molecule has 1 fully saturated rings. The second-order valence-electron chi connectivity index (χ2n) is 5.98. The quantitative estimate of drug-likeness (QED) is 0.807. The molecule has 8 heteroatoms. The summed E-state index contributed by atoms with van der Waals surface area (Å²) in [5.41, 5.74) is 0.396. The summed E-state index contributed by atoms with van der Waals surface area (Å²) >= 11 is 0. The summed E-state index contributed by atoms with van der Waals surface area (Å²) < 4.78 is 5.17. The van der Waals surface area contributed by atoms with Crippen LogP contribution in [-0.4, -0.2) is 70.9 Å². The molecule has 0 N–H and O–H groups in total. The van der Waals surface area contributed by atoms with Gasteiger partial charge in [-0.15, -0.1) is 0 Å². The maximum absolute atomic E-state index is 12.5. The minimum atomic E-state index is -0.110. The van der Waals surface area contributed by atoms with Crippen molar-refractivity contribution in [3.05, 3.63) is 42.1 Å². The van der Waals surface area contributed by atoms with Gasteiger partial charge in [0.1, 0.15) is 5.69 Å². The molecular weight excluding hydrogens is 334 g/mol. The number of carbonyl (C=O) groups excluding carboxylic acids is 2. The van der Waals surface area contributed by atoms with Crippen molar-refractivity contribution in [2.45, 2.75) is 13.8 Å². The Morgan fingerprint density at radius 2 is 1.88 bits per heavy atom. The topological polar surface area (TPSA) is 82.8 Å². The van der Waals surface area contributed by atoms with E-state index < -0.39 is 0 Å². The van der Waals surface area contributed by atoms with Crippen molar-refractivity contribution in [2.24, 2.45) is 0 Å². The van der Waals surface area contributed by atoms with Gasteiger partial charge in [-0.3, -0.25) is 9.59 Å². The summed E-state index contributed by atoms with van der Waals surface area (Å²) in [6, 6.07) is 5.01. The maximum atomic E-state index is 12.5. The van der Waals surface area contributed by atoms with E-state index in [0.717, 1.165) is 0 Å². The molecule has 0 saturated carbocycles. The number of aromatic nitrogens is 2. The Bertz CT molecular complexity index is 750. The summed E-state index contributed by atoms with van der Waals surface area (Å²) in [6.45, 7) is 7.49. The van der Waals surface area contributed by atoms with Crippen molar-refractivity contribution in [1.29, 1.82) is 0 Å². The molecule has 3 rings (SSSR count). The Kier molecular flexibility index (Phi) is 5.50. The molecule has 0 unspecified atom stereocenters. The van der Waals surface area contributed by atoms with Crippen molar-refractivity contribution < 1.29 is 14.0 Å². The Balaban J connectivity index is 1.65. The zero-order chi connectivity index (χ0) is 18.5. The molecule has 1 saturated heterocycles. The molecule has 2 aromatic rings. The van der Waals surface area contributed by atoms with E-state index in [1.54, 1.807) is 34.2 Å². The van der Waals surface area contributed by atoms with Crippen LogP contribution in [0.3, 0.4) is 0 Å². The Hall–Kier alpha value is -2.90. The highest BCUT2D eigenvalue weighted by Crippen LogP contribution is 2.14. The predicted octanol–water partition coefficient (Wildman–Crippen LogP) is 1.51. The third-order valence-electron chi connectivity index (χ3n) is 4.49. The van der Waals surface area contributed by atoms with Crippen molar-refractivity contribution in [2.75, 3.05) is 44.2 Å². The van der Waals surface area contributed by atoms with E-state index in [1.165, 1.54) is 6.26 Å². The summed E-state index contributed by atoms with van der Waals surface area (Å²) in [5.74, 6) is 0.668. The van der Waals surface area contributed by atoms with Gasteiger partial charge in [0.15, 0.2) is 5.76 Å². The van der Waals surface area contributed by atoms with Crippen molar-refractivity contribution in [1.82, 2.24) is 19.8 Å². The molecule has 26 heavy (non-hydrogen) atoms. The van der Waals surface area contributed by atoms with E-state index >= 15 is 0 Å². The fourth-order valence-electron chi connectivity index (χ4n) is 2.96. The lowest BCUT2D eigenvalue weighted by atomic mass is 10.3. The van der Waals surface area contributed by atoms with Crippen LogP contribution in [0.15, 0.2) is 35.1 Å². The van der Waals surface area contributed by atoms with E-state index in [0.29, 0.717) is 56.7 Å². The van der Waals surface area contributed by atoms with Gasteiger partial charge in [-0.25, -0.2) is 9.97 Å². The first kappa shape index (κ1) is 17.9. The van der Waals surface area contributed by atoms with Gasteiger partial charge in [0.2, 0.25) is 5.95 Å². The Morgan fingerprint density at radius 1 is 1.15 bits per heavy atom. The number of piperazine rings is 1. The number of carbonyl (C=O) groups is 2. The summed E-state index contributed by atoms with van der Waals surface area (Å²) in [6.07, 6.45) is 3.11. The van der Waals surface area contributed by atoms with Crippen LogP contribution in [0, 0.1) is 0 Å². The highest BCUT2D eigenvalue weighted by Gasteiger charge is 2.25. The van der Waals surface area contributed by atoms with Crippen LogP contribution >= 0.6 is 0 Å². The molecule has 2 amide bonds. The zero-order valence-electron chi connectivity index (χ0n) is 15.1. The number of hydrogen-bond acceptors (Lipinski definition) is 6. The largest absolute Gasteiger partial charge is 0.459 e. The molecule has 2 aromatic heterocycles. The first-order chi connectivity index (χ1) is 12.6. The molecule has 0 aliphatic carbocycles. The lowest BCUT2D eigenvalue weighted by Crippen LogP contribution is -2.49. The van der Waals surface area contributed by atoms with Gasteiger partial charge in [-0.2, -0.15) is 0 Å². The molecule has 0 atom stereocenters. The van der Waals surface area contributed by atoms with Gasteiger partial charge < -0.3 is 19.1 Å². The fraction of sp³-hybridized carbons (Fsp3) is 0.444. The normalized spacial score (nSPS) is 14.4. The molecule has 3 heterocycles. The Morgan fingerprint density at radius 3 is 2.50 bits per heavy atom. The average molecular weight is 357 g/mol. The highest BCUT2D eigenvalue weighted by molar-refractivity contribution is 5.92. The summed E-state index contributed by atoms with van der Waals surface area (Å²) in [5, 5.41) is 0. The highest BCUT2D eigenvalue weighted by atomic mass is 16.3. The van der Waals surface area contributed by atoms with Gasteiger partial charge in [0, 0.05) is 45.5 Å². The van der Waals surface area contributed by atoms with Crippen LogP contribution in [0.5, 0.6) is 0 Å². The summed E-state index contributed by atoms with van der Waals surface area (Å²) in [7, 11) is 0. The van der Waals surface area contributed by atoms with Crippen LogP contribution in [0.1, 0.15) is 34.9 Å². The SMILES string of the molecule is CCN(CC)C(=O)c1ccnc(N2CCN(C(=O)c3ccco3)CC2)n1. The monoisotopic (exact) mass is 357 g/mol. The summed E-state index contributed by atoms with van der Waals surface area (Å²) in [4.78, 5) is 39.0.